The van der Waals surface area contributed by atoms with E-state index >= 15 is 0 Å². The van der Waals surface area contributed by atoms with Gasteiger partial charge in [-0.15, -0.1) is 0 Å². The number of fused-ring (bicyclic) bond motifs is 1. The number of benzene rings is 2. The number of hydrogen-bond donors (Lipinski definition) is 0. The highest BCUT2D eigenvalue weighted by Crippen LogP contribution is 2.32. The first-order valence-corrected chi connectivity index (χ1v) is 7.62. The number of pyridine rings is 1. The summed E-state index contributed by atoms with van der Waals surface area (Å²) in [6, 6.07) is 18.5. The summed E-state index contributed by atoms with van der Waals surface area (Å²) in [6.07, 6.45) is 3.60. The summed E-state index contributed by atoms with van der Waals surface area (Å²) in [6.45, 7) is 0. The Labute approximate surface area is 139 Å². The molecule has 4 aromatic rings. The zero-order chi connectivity index (χ0) is 16.5. The second kappa shape index (κ2) is 5.81. The van der Waals surface area contributed by atoms with E-state index in [2.05, 4.69) is 15.6 Å². The van der Waals surface area contributed by atoms with Crippen LogP contribution in [0.25, 0.3) is 27.8 Å². The van der Waals surface area contributed by atoms with Crippen LogP contribution in [0.5, 0.6) is 5.75 Å². The van der Waals surface area contributed by atoms with Crippen molar-refractivity contribution >= 4 is 10.9 Å². The van der Waals surface area contributed by atoms with E-state index in [-0.39, 0.29) is 5.82 Å². The fourth-order valence-electron chi connectivity index (χ4n) is 2.89. The predicted molar refractivity (Wildman–Crippen MR) is 93.0 cm³/mol. The lowest BCUT2D eigenvalue weighted by Gasteiger charge is -2.11. The van der Waals surface area contributed by atoms with Gasteiger partial charge in [-0.1, -0.05) is 0 Å². The van der Waals surface area contributed by atoms with E-state index in [0.29, 0.717) is 0 Å². The molecule has 0 aliphatic heterocycles. The molecule has 2 aromatic carbocycles. The molecule has 0 saturated heterocycles. The van der Waals surface area contributed by atoms with Gasteiger partial charge in [0.15, 0.2) is 0 Å². The van der Waals surface area contributed by atoms with E-state index in [1.54, 1.807) is 25.4 Å². The summed E-state index contributed by atoms with van der Waals surface area (Å²) in [7, 11) is 1.65. The maximum Gasteiger partial charge on any atom is 0.123 e. The second-order valence-corrected chi connectivity index (χ2v) is 5.50. The van der Waals surface area contributed by atoms with Gasteiger partial charge in [0.2, 0.25) is 0 Å². The van der Waals surface area contributed by atoms with Crippen LogP contribution in [0.4, 0.5) is 4.39 Å². The summed E-state index contributed by atoms with van der Waals surface area (Å²) < 4.78 is 20.6. The molecular weight excluding hydrogens is 303 g/mol. The lowest BCUT2D eigenvalue weighted by Crippen LogP contribution is -1.97. The Bertz CT molecular complexity index is 989. The zero-order valence-electron chi connectivity index (χ0n) is 13.1. The topological polar surface area (TPSA) is 27.1 Å². The van der Waals surface area contributed by atoms with Gasteiger partial charge in [-0.2, -0.15) is 0 Å². The molecule has 4 rings (SSSR count). The molecule has 0 amide bonds. The number of rotatable bonds is 3. The highest BCUT2D eigenvalue weighted by Gasteiger charge is 2.12. The Kier molecular flexibility index (Phi) is 3.50. The first-order valence-electron chi connectivity index (χ1n) is 7.62. The van der Waals surface area contributed by atoms with Crippen LogP contribution in [0.1, 0.15) is 0 Å². The van der Waals surface area contributed by atoms with Crippen LogP contribution in [0.3, 0.4) is 0 Å². The van der Waals surface area contributed by atoms with Crippen LogP contribution in [-0.4, -0.2) is 16.7 Å². The molecule has 0 N–H and O–H groups in total. The van der Waals surface area contributed by atoms with Crippen molar-refractivity contribution in [2.45, 2.75) is 0 Å². The molecular formula is C20H15FN2O. The van der Waals surface area contributed by atoms with Gasteiger partial charge in [0, 0.05) is 17.3 Å². The van der Waals surface area contributed by atoms with E-state index in [1.807, 2.05) is 36.5 Å². The van der Waals surface area contributed by atoms with Crippen molar-refractivity contribution in [2.24, 2.45) is 0 Å². The predicted octanol–water partition coefficient (Wildman–Crippen LogP) is 4.84. The van der Waals surface area contributed by atoms with E-state index < -0.39 is 0 Å². The molecule has 0 saturated carbocycles. The molecule has 4 heteroatoms. The van der Waals surface area contributed by atoms with E-state index in [0.717, 1.165) is 33.6 Å². The lowest BCUT2D eigenvalue weighted by molar-refractivity contribution is 0.415. The maximum atomic E-state index is 13.3. The third-order valence-corrected chi connectivity index (χ3v) is 4.08. The molecule has 0 aliphatic rings. The fraction of sp³-hybridized carbons (Fsp3) is 0.0500. The molecule has 2 aromatic heterocycles. The summed E-state index contributed by atoms with van der Waals surface area (Å²) in [5, 5.41) is 1.08. The molecule has 0 spiro atoms. The molecule has 0 bridgehead atoms. The van der Waals surface area contributed by atoms with Gasteiger partial charge >= 0.3 is 0 Å². The van der Waals surface area contributed by atoms with Crippen molar-refractivity contribution in [3.8, 4) is 22.7 Å². The molecule has 118 valence electrons. The van der Waals surface area contributed by atoms with Crippen LogP contribution in [-0.2, 0) is 0 Å². The molecule has 2 heterocycles. The normalized spacial score (nSPS) is 10.9. The van der Waals surface area contributed by atoms with Crippen molar-refractivity contribution in [1.82, 2.24) is 9.55 Å². The standard InChI is InChI=1S/C20H15FN2O/c1-24-18-8-2-14(3-9-18)19-12-15-10-11-22-13-20(15)23(19)17-6-4-16(21)5-7-17/h2-13H,1H3. The third kappa shape index (κ3) is 2.42. The Morgan fingerprint density at radius 1 is 0.958 bits per heavy atom. The van der Waals surface area contributed by atoms with Gasteiger partial charge in [0.1, 0.15) is 11.6 Å². The quantitative estimate of drug-likeness (QED) is 0.540. The Morgan fingerprint density at radius 3 is 2.42 bits per heavy atom. The first kappa shape index (κ1) is 14.5. The Balaban J connectivity index is 1.97. The third-order valence-electron chi connectivity index (χ3n) is 4.08. The van der Waals surface area contributed by atoms with E-state index in [9.17, 15) is 4.39 Å². The van der Waals surface area contributed by atoms with Gasteiger partial charge in [0.25, 0.3) is 0 Å². The minimum Gasteiger partial charge on any atom is -0.497 e. The molecule has 0 radical (unpaired) electrons. The molecule has 3 nitrogen and oxygen atoms in total. The molecule has 0 atom stereocenters. The average molecular weight is 318 g/mol. The van der Waals surface area contributed by atoms with Gasteiger partial charge in [0.05, 0.1) is 24.5 Å². The van der Waals surface area contributed by atoms with Crippen LogP contribution >= 0.6 is 0 Å². The minimum atomic E-state index is -0.251. The SMILES string of the molecule is COc1ccc(-c2cc3ccncc3n2-c2ccc(F)cc2)cc1. The zero-order valence-corrected chi connectivity index (χ0v) is 13.1. The van der Waals surface area contributed by atoms with E-state index in [4.69, 9.17) is 4.74 Å². The van der Waals surface area contributed by atoms with Crippen LogP contribution < -0.4 is 4.74 Å². The Morgan fingerprint density at radius 2 is 1.71 bits per heavy atom. The van der Waals surface area contributed by atoms with Crippen molar-refractivity contribution < 1.29 is 9.13 Å². The molecule has 24 heavy (non-hydrogen) atoms. The number of hydrogen-bond acceptors (Lipinski definition) is 2. The van der Waals surface area contributed by atoms with Crippen molar-refractivity contribution in [3.63, 3.8) is 0 Å². The van der Waals surface area contributed by atoms with Crippen molar-refractivity contribution in [1.29, 1.82) is 0 Å². The number of halogens is 1. The first-order chi connectivity index (χ1) is 11.8. The lowest BCUT2D eigenvalue weighted by atomic mass is 10.1. The molecule has 0 aliphatic carbocycles. The van der Waals surface area contributed by atoms with Crippen LogP contribution in [0, 0.1) is 5.82 Å². The van der Waals surface area contributed by atoms with Crippen LogP contribution in [0.15, 0.2) is 73.1 Å². The summed E-state index contributed by atoms with van der Waals surface area (Å²) in [4.78, 5) is 4.24. The van der Waals surface area contributed by atoms with Gasteiger partial charge in [-0.05, 0) is 66.2 Å². The van der Waals surface area contributed by atoms with Crippen LogP contribution in [0.2, 0.25) is 0 Å². The summed E-state index contributed by atoms with van der Waals surface area (Å²) in [5.74, 6) is 0.559. The number of aromatic nitrogens is 2. The van der Waals surface area contributed by atoms with Gasteiger partial charge < -0.3 is 9.30 Å². The smallest absolute Gasteiger partial charge is 0.123 e. The summed E-state index contributed by atoms with van der Waals surface area (Å²) in [5.41, 5.74) is 3.95. The number of ether oxygens (including phenoxy) is 1. The van der Waals surface area contributed by atoms with Crippen molar-refractivity contribution in [3.05, 3.63) is 78.9 Å². The number of nitrogens with zero attached hydrogens (tertiary/aromatic N) is 2. The highest BCUT2D eigenvalue weighted by molar-refractivity contribution is 5.88. The highest BCUT2D eigenvalue weighted by atomic mass is 19.1. The van der Waals surface area contributed by atoms with Gasteiger partial charge in [-0.3, -0.25) is 4.98 Å². The van der Waals surface area contributed by atoms with Gasteiger partial charge in [-0.25, -0.2) is 4.39 Å². The second-order valence-electron chi connectivity index (χ2n) is 5.50. The van der Waals surface area contributed by atoms with E-state index in [1.165, 1.54) is 12.1 Å². The maximum absolute atomic E-state index is 13.3. The Hall–Kier alpha value is -3.14. The largest absolute Gasteiger partial charge is 0.497 e. The monoisotopic (exact) mass is 318 g/mol. The molecule has 0 unspecified atom stereocenters. The molecule has 0 fully saturated rings. The summed E-state index contributed by atoms with van der Waals surface area (Å²) >= 11 is 0. The number of methoxy groups -OCH3 is 1. The average Bonchev–Trinajstić information content (AvgIpc) is 3.02. The fourth-order valence-corrected chi connectivity index (χ4v) is 2.89. The minimum absolute atomic E-state index is 0.251. The van der Waals surface area contributed by atoms with Crippen molar-refractivity contribution in [2.75, 3.05) is 7.11 Å².